The van der Waals surface area contributed by atoms with Crippen molar-refractivity contribution in [1.82, 2.24) is 0 Å². The molecule has 3 heterocycles. The van der Waals surface area contributed by atoms with Crippen LogP contribution in [0.15, 0.2) is 258 Å². The van der Waals surface area contributed by atoms with E-state index in [0.29, 0.717) is 5.39 Å². The summed E-state index contributed by atoms with van der Waals surface area (Å²) < 4.78 is 105. The van der Waals surface area contributed by atoms with E-state index >= 15 is 0 Å². The summed E-state index contributed by atoms with van der Waals surface area (Å²) in [6.45, 7) is 24.6. The molecular formula is C85H77B3Br2F3IO9S. The predicted octanol–water partition coefficient (Wildman–Crippen LogP) is 23.7. The summed E-state index contributed by atoms with van der Waals surface area (Å²) in [6.07, 6.45) is 0. The van der Waals surface area contributed by atoms with E-state index in [2.05, 4.69) is 256 Å². The van der Waals surface area contributed by atoms with Gasteiger partial charge in [-0.1, -0.05) is 226 Å². The van der Waals surface area contributed by atoms with E-state index in [1.54, 1.807) is 6.07 Å². The molecule has 3 aliphatic rings. The lowest BCUT2D eigenvalue weighted by Gasteiger charge is -2.32. The summed E-state index contributed by atoms with van der Waals surface area (Å²) in [6, 6.07) is 84.0. The van der Waals surface area contributed by atoms with Crippen molar-refractivity contribution in [2.45, 2.75) is 122 Å². The number of halogens is 6. The Balaban J connectivity index is 0.000000120. The SMILES string of the molecule is Brc1cccc(-c2ccc3c4ccccc4c4ccccc4c3c2)c1.Brc1cccc(I)c1.CC1(C)OB(B2OC(C)(C)C(C)(C)O2)OC1(C)C.CC1(C)OB(c2ccc3c4ccccc4c4ccccc4c3c2)OC1(C)C.O=S(=O)(Oc1ccc2c3ccccc3c3ccccc3c2c1)C(F)(F)F. The van der Waals surface area contributed by atoms with Crippen LogP contribution in [0.1, 0.15) is 83.1 Å². The van der Waals surface area contributed by atoms with Gasteiger partial charge in [-0.2, -0.15) is 21.6 Å². The van der Waals surface area contributed by atoms with Gasteiger partial charge in [-0.15, -0.1) is 0 Å². The Bertz CT molecular complexity index is 5550. The quantitative estimate of drug-likeness (QED) is 0.0548. The van der Waals surface area contributed by atoms with Gasteiger partial charge in [-0.3, -0.25) is 0 Å². The van der Waals surface area contributed by atoms with E-state index in [4.69, 9.17) is 27.9 Å². The van der Waals surface area contributed by atoms with E-state index in [9.17, 15) is 21.6 Å². The van der Waals surface area contributed by atoms with E-state index in [1.165, 1.54) is 91.5 Å². The van der Waals surface area contributed by atoms with Gasteiger partial charge in [0.1, 0.15) is 5.75 Å². The van der Waals surface area contributed by atoms with Crippen molar-refractivity contribution in [1.29, 1.82) is 0 Å². The molecule has 0 amide bonds. The maximum atomic E-state index is 12.6. The summed E-state index contributed by atoms with van der Waals surface area (Å²) in [5.74, 6) is -0.379. The van der Waals surface area contributed by atoms with Crippen molar-refractivity contribution in [2.75, 3.05) is 0 Å². The maximum absolute atomic E-state index is 12.6. The van der Waals surface area contributed by atoms with Crippen LogP contribution in [-0.2, 0) is 38.0 Å². The summed E-state index contributed by atoms with van der Waals surface area (Å²) in [4.78, 5) is 0. The third kappa shape index (κ3) is 14.8. The first kappa shape index (κ1) is 74.9. The Morgan fingerprint density at radius 1 is 0.327 bits per heavy atom. The average molecular weight is 1650 g/mol. The number of alkyl halides is 3. The molecule has 9 nitrogen and oxygen atoms in total. The van der Waals surface area contributed by atoms with E-state index in [-0.39, 0.29) is 46.5 Å². The first-order chi connectivity index (χ1) is 49.1. The zero-order chi connectivity index (χ0) is 74.1. The molecule has 0 bridgehead atoms. The fourth-order valence-corrected chi connectivity index (χ4v) is 15.6. The molecule has 0 unspecified atom stereocenters. The lowest BCUT2D eigenvalue weighted by atomic mass is 9.49. The molecule has 3 fully saturated rings. The molecule has 3 aliphatic heterocycles. The Hall–Kier alpha value is -7.40. The van der Waals surface area contributed by atoms with Crippen LogP contribution in [0.25, 0.3) is 108 Å². The number of rotatable bonds is 5. The van der Waals surface area contributed by atoms with Crippen LogP contribution in [0.2, 0.25) is 0 Å². The van der Waals surface area contributed by atoms with Gasteiger partial charge in [-0.05, 0) is 274 Å². The predicted molar refractivity (Wildman–Crippen MR) is 440 cm³/mol. The smallest absolute Gasteiger partial charge is 0.405 e. The van der Waals surface area contributed by atoms with Crippen LogP contribution in [-0.4, -0.2) is 68.7 Å². The van der Waals surface area contributed by atoms with Crippen LogP contribution in [0.4, 0.5) is 13.2 Å². The first-order valence-corrected chi connectivity index (χ1v) is 38.4. The van der Waals surface area contributed by atoms with Crippen molar-refractivity contribution in [3.63, 3.8) is 0 Å². The molecule has 528 valence electrons. The number of fused-ring (bicyclic) bond motifs is 18. The molecule has 14 aromatic rings. The van der Waals surface area contributed by atoms with Crippen LogP contribution in [0.5, 0.6) is 5.75 Å². The Labute approximate surface area is 637 Å². The highest BCUT2D eigenvalue weighted by molar-refractivity contribution is 14.1. The second kappa shape index (κ2) is 28.7. The molecule has 0 aromatic heterocycles. The Morgan fingerprint density at radius 3 is 0.952 bits per heavy atom. The molecule has 19 heteroatoms. The van der Waals surface area contributed by atoms with E-state index < -0.39 is 29.6 Å². The van der Waals surface area contributed by atoms with Crippen molar-refractivity contribution in [3.8, 4) is 16.9 Å². The van der Waals surface area contributed by atoms with Gasteiger partial charge < -0.3 is 32.1 Å². The first-order valence-electron chi connectivity index (χ1n) is 34.4. The van der Waals surface area contributed by atoms with Crippen molar-refractivity contribution in [2.24, 2.45) is 0 Å². The molecule has 0 N–H and O–H groups in total. The van der Waals surface area contributed by atoms with Gasteiger partial charge in [-0.25, -0.2) is 0 Å². The largest absolute Gasteiger partial charge is 0.534 e. The standard InChI is InChI=1S/C24H23BO2.C24H15Br.C19H11F3O3S.C12H24B2O4.C6H4BrI/c1-23(2)24(3,4)27-25(26-23)16-13-14-21-19-11-6-5-9-17(19)18-10-7-8-12-20(18)22(21)15-16;25-18-7-5-6-16(14-18)17-12-13-23-21-10-2-1-8-19(21)20-9-3-4-11-22(20)24(23)15-17;20-19(21,22)26(23,24)25-12-9-10-17-15-7-2-1-5-13(15)14-6-3-4-8-16(14)18(17)11-12;1-9(2)10(3,4)16-13(15-9)14-17-11(5,6)12(7,8)18-14;7-5-2-1-3-6(8)4-5/h5-15H,1-4H3;1-15H;1-11H;1-8H3;1-4H. The van der Waals surface area contributed by atoms with Crippen molar-refractivity contribution >= 4 is 188 Å². The number of hydrogen-bond acceptors (Lipinski definition) is 9. The summed E-state index contributed by atoms with van der Waals surface area (Å²) in [5.41, 5.74) is -4.04. The minimum atomic E-state index is -5.72. The fourth-order valence-electron chi connectivity index (χ4n) is 13.4. The molecule has 0 atom stereocenters. The molecule has 104 heavy (non-hydrogen) atoms. The van der Waals surface area contributed by atoms with Gasteiger partial charge in [0, 0.05) is 12.5 Å². The second-order valence-electron chi connectivity index (χ2n) is 29.3. The van der Waals surface area contributed by atoms with E-state index in [1.807, 2.05) is 116 Å². The topological polar surface area (TPSA) is 98.8 Å². The van der Waals surface area contributed by atoms with Crippen molar-refractivity contribution in [3.05, 3.63) is 261 Å². The van der Waals surface area contributed by atoms with Gasteiger partial charge in [0.2, 0.25) is 0 Å². The molecule has 0 aliphatic carbocycles. The molecule has 0 saturated carbocycles. The molecule has 3 saturated heterocycles. The third-order valence-corrected chi connectivity index (χ3v) is 23.6. The van der Waals surface area contributed by atoms with Gasteiger partial charge in [0.25, 0.3) is 0 Å². The van der Waals surface area contributed by atoms with Crippen molar-refractivity contribution < 1.29 is 53.7 Å². The normalized spacial score (nSPS) is 17.0. The highest BCUT2D eigenvalue weighted by Crippen LogP contribution is 2.45. The molecule has 0 radical (unpaired) electrons. The minimum absolute atomic E-state index is 0.335. The van der Waals surface area contributed by atoms with Crippen LogP contribution < -0.4 is 9.65 Å². The monoisotopic (exact) mass is 1650 g/mol. The third-order valence-electron chi connectivity index (χ3n) is 21.0. The van der Waals surface area contributed by atoms with Crippen LogP contribution in [0, 0.1) is 3.57 Å². The minimum Gasteiger partial charge on any atom is -0.405 e. The summed E-state index contributed by atoms with van der Waals surface area (Å²) in [7, 11) is -7.01. The van der Waals surface area contributed by atoms with Crippen LogP contribution in [0.3, 0.4) is 0 Å². The van der Waals surface area contributed by atoms with Gasteiger partial charge >= 0.3 is 36.8 Å². The zero-order valence-corrected chi connectivity index (χ0v) is 65.9. The van der Waals surface area contributed by atoms with Gasteiger partial charge in [0.05, 0.1) is 33.6 Å². The van der Waals surface area contributed by atoms with Crippen LogP contribution >= 0.6 is 54.5 Å². The molecule has 0 spiro atoms. The molecule has 14 aromatic carbocycles. The number of hydrogen-bond donors (Lipinski definition) is 0. The molecular weight excluding hydrogens is 1570 g/mol. The lowest BCUT2D eigenvalue weighted by molar-refractivity contribution is -0.0500. The maximum Gasteiger partial charge on any atom is 0.534 e. The molecule has 17 rings (SSSR count). The van der Waals surface area contributed by atoms with Gasteiger partial charge in [0.15, 0.2) is 0 Å². The highest BCUT2D eigenvalue weighted by atomic mass is 127. The summed E-state index contributed by atoms with van der Waals surface area (Å²) >= 11 is 9.21. The number of benzene rings is 14. The Kier molecular flexibility index (Phi) is 20.7. The highest BCUT2D eigenvalue weighted by Gasteiger charge is 2.64. The Morgan fingerprint density at radius 2 is 0.615 bits per heavy atom. The second-order valence-corrected chi connectivity index (χ2v) is 33.9. The zero-order valence-electron chi connectivity index (χ0n) is 59.8. The average Bonchev–Trinajstić information content (AvgIpc) is 0.834. The fraction of sp³-hybridized carbons (Fsp3) is 0.224. The summed E-state index contributed by atoms with van der Waals surface area (Å²) in [5, 5.41) is 20.6. The van der Waals surface area contributed by atoms with E-state index in [0.717, 1.165) is 41.3 Å². The lowest BCUT2D eigenvalue weighted by Crippen LogP contribution is -2.41.